The van der Waals surface area contributed by atoms with Gasteiger partial charge in [0.05, 0.1) is 0 Å². The van der Waals surface area contributed by atoms with Gasteiger partial charge < -0.3 is 9.67 Å². The van der Waals surface area contributed by atoms with Gasteiger partial charge in [-0.05, 0) is 18.8 Å². The van der Waals surface area contributed by atoms with Crippen LogP contribution in [0.2, 0.25) is 0 Å². The van der Waals surface area contributed by atoms with Crippen LogP contribution >= 0.6 is 0 Å². The molecular weight excluding hydrogens is 164 g/mol. The maximum atomic E-state index is 9.11. The zero-order chi connectivity index (χ0) is 9.42. The van der Waals surface area contributed by atoms with Crippen molar-refractivity contribution in [3.63, 3.8) is 0 Å². The Kier molecular flexibility index (Phi) is 2.12. The van der Waals surface area contributed by atoms with Gasteiger partial charge in [0.25, 0.3) is 0 Å². The Bertz CT molecular complexity index is 300. The van der Waals surface area contributed by atoms with Crippen LogP contribution in [-0.2, 0) is 6.61 Å². The number of imidazole rings is 1. The predicted molar refractivity (Wildman–Crippen MR) is 50.5 cm³/mol. The van der Waals surface area contributed by atoms with Gasteiger partial charge in [0.1, 0.15) is 12.4 Å². The molecule has 2 rings (SSSR count). The monoisotopic (exact) mass is 180 g/mol. The third-order valence-electron chi connectivity index (χ3n) is 2.55. The number of aliphatic hydroxyl groups excluding tert-OH is 1. The van der Waals surface area contributed by atoms with Gasteiger partial charge in [-0.1, -0.05) is 13.8 Å². The molecule has 0 spiro atoms. The molecule has 0 aliphatic heterocycles. The zero-order valence-electron chi connectivity index (χ0n) is 8.20. The molecule has 0 atom stereocenters. The minimum absolute atomic E-state index is 0.0588. The quantitative estimate of drug-likeness (QED) is 0.770. The highest BCUT2D eigenvalue weighted by Crippen LogP contribution is 2.38. The van der Waals surface area contributed by atoms with Crippen molar-refractivity contribution >= 4 is 0 Å². The Morgan fingerprint density at radius 3 is 2.77 bits per heavy atom. The minimum Gasteiger partial charge on any atom is -0.388 e. The number of rotatable bonds is 3. The van der Waals surface area contributed by atoms with Crippen molar-refractivity contribution in [2.24, 2.45) is 0 Å². The molecule has 0 bridgehead atoms. The molecule has 72 valence electrons. The van der Waals surface area contributed by atoms with Crippen molar-refractivity contribution in [2.45, 2.75) is 45.3 Å². The molecule has 3 nitrogen and oxygen atoms in total. The first-order valence-electron chi connectivity index (χ1n) is 4.91. The van der Waals surface area contributed by atoms with Crippen molar-refractivity contribution in [2.75, 3.05) is 0 Å². The van der Waals surface area contributed by atoms with Gasteiger partial charge >= 0.3 is 0 Å². The first-order chi connectivity index (χ1) is 6.24. The van der Waals surface area contributed by atoms with E-state index in [4.69, 9.17) is 5.11 Å². The summed E-state index contributed by atoms with van der Waals surface area (Å²) in [6, 6.07) is 0.613. The molecule has 1 aliphatic carbocycles. The van der Waals surface area contributed by atoms with Crippen molar-refractivity contribution in [1.82, 2.24) is 9.55 Å². The smallest absolute Gasteiger partial charge is 0.134 e. The lowest BCUT2D eigenvalue weighted by molar-refractivity contribution is 0.264. The van der Waals surface area contributed by atoms with Crippen molar-refractivity contribution in [3.05, 3.63) is 17.7 Å². The van der Waals surface area contributed by atoms with E-state index in [0.717, 1.165) is 5.82 Å². The van der Waals surface area contributed by atoms with E-state index in [0.29, 0.717) is 12.0 Å². The van der Waals surface area contributed by atoms with E-state index < -0.39 is 0 Å². The molecule has 0 saturated heterocycles. The second-order valence-corrected chi connectivity index (χ2v) is 4.01. The predicted octanol–water partition coefficient (Wildman–Crippen LogP) is 1.83. The molecule has 13 heavy (non-hydrogen) atoms. The van der Waals surface area contributed by atoms with E-state index in [-0.39, 0.29) is 6.61 Å². The average molecular weight is 180 g/mol. The van der Waals surface area contributed by atoms with Crippen LogP contribution in [0.4, 0.5) is 0 Å². The lowest BCUT2D eigenvalue weighted by Gasteiger charge is -2.11. The van der Waals surface area contributed by atoms with Gasteiger partial charge in [-0.25, -0.2) is 4.98 Å². The van der Waals surface area contributed by atoms with E-state index >= 15 is 0 Å². The van der Waals surface area contributed by atoms with E-state index in [1.165, 1.54) is 18.5 Å². The lowest BCUT2D eigenvalue weighted by atomic mass is 10.1. The van der Waals surface area contributed by atoms with Crippen molar-refractivity contribution < 1.29 is 5.11 Å². The molecule has 1 heterocycles. The third kappa shape index (κ3) is 1.48. The SMILES string of the molecule is CC(C)c1cnc(CO)n1C1CC1. The van der Waals surface area contributed by atoms with Crippen LogP contribution in [0.3, 0.4) is 0 Å². The Morgan fingerprint density at radius 1 is 1.62 bits per heavy atom. The van der Waals surface area contributed by atoms with Gasteiger partial charge in [-0.3, -0.25) is 0 Å². The van der Waals surface area contributed by atoms with Gasteiger partial charge in [-0.15, -0.1) is 0 Å². The largest absolute Gasteiger partial charge is 0.388 e. The zero-order valence-corrected chi connectivity index (χ0v) is 8.20. The molecule has 0 aromatic carbocycles. The first kappa shape index (κ1) is 8.75. The van der Waals surface area contributed by atoms with Crippen molar-refractivity contribution in [1.29, 1.82) is 0 Å². The number of hydrogen-bond donors (Lipinski definition) is 1. The Balaban J connectivity index is 2.38. The minimum atomic E-state index is 0.0588. The van der Waals surface area contributed by atoms with Crippen LogP contribution in [0.1, 0.15) is 50.2 Å². The van der Waals surface area contributed by atoms with Gasteiger partial charge in [0, 0.05) is 17.9 Å². The summed E-state index contributed by atoms with van der Waals surface area (Å²) in [5, 5.41) is 9.11. The number of aromatic nitrogens is 2. The number of nitrogens with zero attached hydrogens (tertiary/aromatic N) is 2. The summed E-state index contributed by atoms with van der Waals surface area (Å²) in [4.78, 5) is 4.23. The Hall–Kier alpha value is -0.830. The second-order valence-electron chi connectivity index (χ2n) is 4.01. The second kappa shape index (κ2) is 3.14. The Labute approximate surface area is 78.4 Å². The number of hydrogen-bond acceptors (Lipinski definition) is 2. The van der Waals surface area contributed by atoms with Crippen LogP contribution in [0.5, 0.6) is 0 Å². The van der Waals surface area contributed by atoms with E-state index in [1.54, 1.807) is 0 Å². The van der Waals surface area contributed by atoms with Crippen LogP contribution in [-0.4, -0.2) is 14.7 Å². The van der Waals surface area contributed by atoms with E-state index in [2.05, 4.69) is 23.4 Å². The molecule has 1 aromatic rings. The summed E-state index contributed by atoms with van der Waals surface area (Å²) >= 11 is 0. The van der Waals surface area contributed by atoms with Crippen LogP contribution in [0.15, 0.2) is 6.20 Å². The fraction of sp³-hybridized carbons (Fsp3) is 0.700. The fourth-order valence-electron chi connectivity index (χ4n) is 1.71. The molecule has 0 radical (unpaired) electrons. The first-order valence-corrected chi connectivity index (χ1v) is 4.91. The molecule has 1 fully saturated rings. The third-order valence-corrected chi connectivity index (χ3v) is 2.55. The summed E-state index contributed by atoms with van der Waals surface area (Å²) < 4.78 is 2.21. The van der Waals surface area contributed by atoms with Crippen LogP contribution in [0, 0.1) is 0 Å². The van der Waals surface area contributed by atoms with E-state index in [1.807, 2.05) is 6.20 Å². The van der Waals surface area contributed by atoms with Crippen LogP contribution < -0.4 is 0 Å². The summed E-state index contributed by atoms with van der Waals surface area (Å²) in [5.74, 6) is 1.32. The molecule has 1 N–H and O–H groups in total. The summed E-state index contributed by atoms with van der Waals surface area (Å²) in [6.07, 6.45) is 4.38. The maximum absolute atomic E-state index is 9.11. The number of aliphatic hydroxyl groups is 1. The summed E-state index contributed by atoms with van der Waals surface area (Å²) in [6.45, 7) is 4.39. The molecule has 1 aromatic heterocycles. The average Bonchev–Trinajstić information content (AvgIpc) is 2.84. The molecule has 0 amide bonds. The topological polar surface area (TPSA) is 38.1 Å². The van der Waals surface area contributed by atoms with Crippen molar-refractivity contribution in [3.8, 4) is 0 Å². The van der Waals surface area contributed by atoms with Crippen LogP contribution in [0.25, 0.3) is 0 Å². The van der Waals surface area contributed by atoms with Gasteiger partial charge in [0.15, 0.2) is 0 Å². The molecule has 3 heteroatoms. The standard InChI is InChI=1S/C10H16N2O/c1-7(2)9-5-11-10(6-13)12(9)8-3-4-8/h5,7-8,13H,3-4,6H2,1-2H3. The Morgan fingerprint density at radius 2 is 2.31 bits per heavy atom. The highest BCUT2D eigenvalue weighted by Gasteiger charge is 2.28. The fourth-order valence-corrected chi connectivity index (χ4v) is 1.71. The summed E-state index contributed by atoms with van der Waals surface area (Å²) in [5.41, 5.74) is 1.26. The van der Waals surface area contributed by atoms with E-state index in [9.17, 15) is 0 Å². The molecule has 1 aliphatic rings. The van der Waals surface area contributed by atoms with Gasteiger partial charge in [0.2, 0.25) is 0 Å². The maximum Gasteiger partial charge on any atom is 0.134 e. The highest BCUT2D eigenvalue weighted by molar-refractivity contribution is 5.13. The molecule has 0 unspecified atom stereocenters. The molecular formula is C10H16N2O. The van der Waals surface area contributed by atoms with Gasteiger partial charge in [-0.2, -0.15) is 0 Å². The molecule has 1 saturated carbocycles. The lowest BCUT2D eigenvalue weighted by Crippen LogP contribution is -2.06. The summed E-state index contributed by atoms with van der Waals surface area (Å²) in [7, 11) is 0. The highest BCUT2D eigenvalue weighted by atomic mass is 16.3. The normalized spacial score (nSPS) is 16.9.